The predicted molar refractivity (Wildman–Crippen MR) is 59.7 cm³/mol. The molecule has 0 N–H and O–H groups in total. The molecule has 0 atom stereocenters. The van der Waals surface area contributed by atoms with Crippen molar-refractivity contribution in [1.82, 2.24) is 14.6 Å². The number of fused-ring (bicyclic) bond motifs is 1. The fourth-order valence-corrected chi connectivity index (χ4v) is 2.32. The highest BCUT2D eigenvalue weighted by molar-refractivity contribution is 6.34. The quantitative estimate of drug-likeness (QED) is 0.768. The highest BCUT2D eigenvalue weighted by atomic mass is 35.5. The van der Waals surface area contributed by atoms with Crippen molar-refractivity contribution in [1.29, 1.82) is 0 Å². The number of hydrogen-bond acceptors (Lipinski definition) is 2. The minimum Gasteiger partial charge on any atom is -0.217 e. The molecule has 15 heavy (non-hydrogen) atoms. The monoisotopic (exact) mass is 241 g/mol. The zero-order valence-corrected chi connectivity index (χ0v) is 9.68. The van der Waals surface area contributed by atoms with Gasteiger partial charge in [-0.3, -0.25) is 0 Å². The Morgan fingerprint density at radius 2 is 2.13 bits per heavy atom. The van der Waals surface area contributed by atoms with Gasteiger partial charge in [0.2, 0.25) is 0 Å². The Kier molecular flexibility index (Phi) is 1.94. The molecule has 0 radical (unpaired) electrons. The summed E-state index contributed by atoms with van der Waals surface area (Å²) >= 11 is 12.2. The van der Waals surface area contributed by atoms with Crippen molar-refractivity contribution in [3.8, 4) is 0 Å². The van der Waals surface area contributed by atoms with Crippen molar-refractivity contribution in [3.63, 3.8) is 0 Å². The summed E-state index contributed by atoms with van der Waals surface area (Å²) < 4.78 is 1.68. The second kappa shape index (κ2) is 3.09. The van der Waals surface area contributed by atoms with Crippen LogP contribution in [0.2, 0.25) is 10.3 Å². The number of aryl methyl sites for hydroxylation is 1. The van der Waals surface area contributed by atoms with Gasteiger partial charge in [0.25, 0.3) is 0 Å². The summed E-state index contributed by atoms with van der Waals surface area (Å²) in [5, 5.41) is 5.50. The van der Waals surface area contributed by atoms with E-state index < -0.39 is 0 Å². The standard InChI is InChI=1S/C10H9Cl2N3/c1-5-4-7(11)15-8(5)9(12)13-10(14-15)6-2-3-6/h4,6H,2-3H2,1H3. The van der Waals surface area contributed by atoms with Gasteiger partial charge < -0.3 is 0 Å². The van der Waals surface area contributed by atoms with Crippen molar-refractivity contribution < 1.29 is 0 Å². The van der Waals surface area contributed by atoms with Crippen LogP contribution in [0.5, 0.6) is 0 Å². The van der Waals surface area contributed by atoms with Gasteiger partial charge in [-0.1, -0.05) is 23.2 Å². The van der Waals surface area contributed by atoms with Gasteiger partial charge in [0.15, 0.2) is 11.0 Å². The van der Waals surface area contributed by atoms with Crippen molar-refractivity contribution in [2.45, 2.75) is 25.7 Å². The molecule has 1 aliphatic carbocycles. The summed E-state index contributed by atoms with van der Waals surface area (Å²) in [6, 6.07) is 1.86. The van der Waals surface area contributed by atoms with Gasteiger partial charge in [0.05, 0.1) is 0 Å². The van der Waals surface area contributed by atoms with E-state index in [-0.39, 0.29) is 0 Å². The van der Waals surface area contributed by atoms with Crippen LogP contribution in [0.15, 0.2) is 6.07 Å². The molecule has 0 aliphatic heterocycles. The summed E-state index contributed by atoms with van der Waals surface area (Å²) in [5.41, 5.74) is 1.82. The van der Waals surface area contributed by atoms with Crippen LogP contribution in [0.4, 0.5) is 0 Å². The van der Waals surface area contributed by atoms with Crippen LogP contribution in [0.3, 0.4) is 0 Å². The number of rotatable bonds is 1. The first-order valence-electron chi connectivity index (χ1n) is 4.88. The van der Waals surface area contributed by atoms with Gasteiger partial charge in [0.1, 0.15) is 10.7 Å². The zero-order chi connectivity index (χ0) is 10.6. The van der Waals surface area contributed by atoms with E-state index in [1.54, 1.807) is 4.52 Å². The van der Waals surface area contributed by atoms with E-state index in [1.165, 1.54) is 0 Å². The molecule has 3 rings (SSSR count). The third-order valence-electron chi connectivity index (χ3n) is 2.68. The number of nitrogens with zero attached hydrogens (tertiary/aromatic N) is 3. The Balaban J connectivity index is 2.33. The Labute approximate surface area is 97.0 Å². The molecule has 78 valence electrons. The van der Waals surface area contributed by atoms with Crippen LogP contribution in [-0.2, 0) is 0 Å². The third kappa shape index (κ3) is 1.42. The van der Waals surface area contributed by atoms with Crippen molar-refractivity contribution in [2.75, 3.05) is 0 Å². The first-order valence-corrected chi connectivity index (χ1v) is 5.63. The number of halogens is 2. The molecular weight excluding hydrogens is 233 g/mol. The molecular formula is C10H9Cl2N3. The lowest BCUT2D eigenvalue weighted by molar-refractivity contribution is 0.805. The molecule has 1 saturated carbocycles. The van der Waals surface area contributed by atoms with Crippen LogP contribution < -0.4 is 0 Å². The molecule has 1 fully saturated rings. The molecule has 3 nitrogen and oxygen atoms in total. The summed E-state index contributed by atoms with van der Waals surface area (Å²) in [6.07, 6.45) is 2.30. The highest BCUT2D eigenvalue weighted by Crippen LogP contribution is 2.39. The molecule has 0 amide bonds. The zero-order valence-electron chi connectivity index (χ0n) is 8.17. The van der Waals surface area contributed by atoms with Crippen LogP contribution in [0.25, 0.3) is 5.52 Å². The second-order valence-electron chi connectivity index (χ2n) is 3.95. The molecule has 2 heterocycles. The molecule has 2 aromatic heterocycles. The maximum atomic E-state index is 6.12. The molecule has 1 aliphatic rings. The normalized spacial score (nSPS) is 16.2. The summed E-state index contributed by atoms with van der Waals surface area (Å²) in [6.45, 7) is 1.95. The van der Waals surface area contributed by atoms with E-state index in [9.17, 15) is 0 Å². The minimum absolute atomic E-state index is 0.477. The topological polar surface area (TPSA) is 30.2 Å². The molecule has 0 bridgehead atoms. The largest absolute Gasteiger partial charge is 0.217 e. The van der Waals surface area contributed by atoms with Crippen LogP contribution >= 0.6 is 23.2 Å². The van der Waals surface area contributed by atoms with Crippen molar-refractivity contribution >= 4 is 28.7 Å². The lowest BCUT2D eigenvalue weighted by atomic mass is 10.3. The third-order valence-corrected chi connectivity index (χ3v) is 3.21. The fraction of sp³-hybridized carbons (Fsp3) is 0.400. The predicted octanol–water partition coefficient (Wildman–Crippen LogP) is 3.22. The summed E-state index contributed by atoms with van der Waals surface area (Å²) in [7, 11) is 0. The first-order chi connectivity index (χ1) is 7.16. The molecule has 5 heteroatoms. The second-order valence-corrected chi connectivity index (χ2v) is 4.69. The van der Waals surface area contributed by atoms with Gasteiger partial charge in [-0.25, -0.2) is 9.50 Å². The molecule has 0 aromatic carbocycles. The first kappa shape index (κ1) is 9.43. The Morgan fingerprint density at radius 1 is 1.40 bits per heavy atom. The number of hydrogen-bond donors (Lipinski definition) is 0. The van der Waals surface area contributed by atoms with Crippen LogP contribution in [-0.4, -0.2) is 14.6 Å². The Hall–Kier alpha value is -0.800. The highest BCUT2D eigenvalue weighted by Gasteiger charge is 2.28. The summed E-state index contributed by atoms with van der Waals surface area (Å²) in [4.78, 5) is 4.31. The average molecular weight is 242 g/mol. The van der Waals surface area contributed by atoms with E-state index in [1.807, 2.05) is 13.0 Å². The van der Waals surface area contributed by atoms with E-state index in [2.05, 4.69) is 10.1 Å². The van der Waals surface area contributed by atoms with Crippen molar-refractivity contribution in [3.05, 3.63) is 27.8 Å². The van der Waals surface area contributed by atoms with Gasteiger partial charge in [-0.15, -0.1) is 0 Å². The smallest absolute Gasteiger partial charge is 0.157 e. The SMILES string of the molecule is Cc1cc(Cl)n2nc(C3CC3)nc(Cl)c12. The van der Waals surface area contributed by atoms with Crippen LogP contribution in [0.1, 0.15) is 30.1 Å². The Bertz CT molecular complexity index is 543. The van der Waals surface area contributed by atoms with Gasteiger partial charge in [0, 0.05) is 5.92 Å². The van der Waals surface area contributed by atoms with E-state index in [0.29, 0.717) is 16.2 Å². The van der Waals surface area contributed by atoms with Gasteiger partial charge in [-0.05, 0) is 31.4 Å². The molecule has 0 saturated heterocycles. The van der Waals surface area contributed by atoms with E-state index in [4.69, 9.17) is 23.2 Å². The average Bonchev–Trinajstić information content (AvgIpc) is 2.95. The van der Waals surface area contributed by atoms with Crippen molar-refractivity contribution in [2.24, 2.45) is 0 Å². The Morgan fingerprint density at radius 3 is 2.80 bits per heavy atom. The lowest BCUT2D eigenvalue weighted by Gasteiger charge is -2.02. The molecule has 0 spiro atoms. The molecule has 0 unspecified atom stereocenters. The minimum atomic E-state index is 0.477. The lowest BCUT2D eigenvalue weighted by Crippen LogP contribution is -2.01. The fourth-order valence-electron chi connectivity index (χ4n) is 1.72. The van der Waals surface area contributed by atoms with E-state index >= 15 is 0 Å². The van der Waals surface area contributed by atoms with Gasteiger partial charge in [-0.2, -0.15) is 5.10 Å². The summed E-state index contributed by atoms with van der Waals surface area (Å²) in [5.74, 6) is 1.29. The maximum absolute atomic E-state index is 6.12. The van der Waals surface area contributed by atoms with Crippen LogP contribution in [0, 0.1) is 6.92 Å². The number of aromatic nitrogens is 3. The van der Waals surface area contributed by atoms with E-state index in [0.717, 1.165) is 29.7 Å². The maximum Gasteiger partial charge on any atom is 0.157 e. The van der Waals surface area contributed by atoms with Gasteiger partial charge >= 0.3 is 0 Å². The molecule has 2 aromatic rings.